The van der Waals surface area contributed by atoms with E-state index in [-0.39, 0.29) is 10.8 Å². The lowest BCUT2D eigenvalue weighted by molar-refractivity contribution is 0.267. The van der Waals surface area contributed by atoms with E-state index < -0.39 is 5.24 Å². The van der Waals surface area contributed by atoms with E-state index in [0.717, 1.165) is 23.2 Å². The molecule has 7 heteroatoms. The van der Waals surface area contributed by atoms with Gasteiger partial charge in [0, 0.05) is 6.54 Å². The number of amides is 1. The number of nitrogens with two attached hydrogens (primary N) is 1. The number of phenolic OH excluding ortho intramolecular Hbond substituents is 1. The molecule has 0 unspecified atom stereocenters. The third kappa shape index (κ3) is 10.1. The number of benzene rings is 1. The molecule has 1 saturated carbocycles. The van der Waals surface area contributed by atoms with Crippen molar-refractivity contribution in [2.45, 2.75) is 91.1 Å². The second kappa shape index (κ2) is 12.0. The first-order valence-electron chi connectivity index (χ1n) is 11.0. The highest BCUT2D eigenvalue weighted by Gasteiger charge is 2.26. The van der Waals surface area contributed by atoms with Crippen molar-refractivity contribution in [1.82, 2.24) is 5.32 Å². The molecular weight excluding hydrogens is 428 g/mol. The van der Waals surface area contributed by atoms with Gasteiger partial charge < -0.3 is 20.9 Å². The summed E-state index contributed by atoms with van der Waals surface area (Å²) in [6, 6.07) is 4.10. The fourth-order valence-electron chi connectivity index (χ4n) is 3.74. The number of primary amides is 1. The van der Waals surface area contributed by atoms with Crippen LogP contribution < -0.4 is 11.1 Å². The molecule has 1 aromatic carbocycles. The zero-order chi connectivity index (χ0) is 23.8. The second-order valence-corrected chi connectivity index (χ2v) is 11.2. The van der Waals surface area contributed by atoms with Crippen molar-refractivity contribution in [2.75, 3.05) is 6.54 Å². The largest absolute Gasteiger partial charge is 0.507 e. The molecule has 176 valence electrons. The Labute approximate surface area is 198 Å². The van der Waals surface area contributed by atoms with Crippen LogP contribution in [-0.2, 0) is 22.2 Å². The first-order valence-corrected chi connectivity index (χ1v) is 11.8. The van der Waals surface area contributed by atoms with Gasteiger partial charge in [0.2, 0.25) is 0 Å². The highest BCUT2D eigenvalue weighted by Crippen LogP contribution is 2.39. The number of ether oxygens (including phenoxy) is 1. The minimum Gasteiger partial charge on any atom is -0.507 e. The van der Waals surface area contributed by atoms with Gasteiger partial charge in [-0.25, -0.2) is 0 Å². The topological polar surface area (TPSA) is 84.6 Å². The summed E-state index contributed by atoms with van der Waals surface area (Å²) in [5, 5.41) is 13.9. The number of thiol groups is 1. The molecule has 0 bridgehead atoms. The number of carbonyl (C=O) groups is 1. The molecule has 0 atom stereocenters. The van der Waals surface area contributed by atoms with E-state index in [4.69, 9.17) is 21.7 Å². The first kappa shape index (κ1) is 27.6. The monoisotopic (exact) mass is 468 g/mol. The molecule has 1 fully saturated rings. The zero-order valence-corrected chi connectivity index (χ0v) is 21.6. The van der Waals surface area contributed by atoms with Crippen LogP contribution in [0.3, 0.4) is 0 Å². The Bertz CT molecular complexity index is 707. The van der Waals surface area contributed by atoms with E-state index in [1.165, 1.54) is 32.1 Å². The number of carbonyl (C=O) groups excluding carboxylic acids is 1. The van der Waals surface area contributed by atoms with E-state index in [1.807, 2.05) is 12.1 Å². The lowest BCUT2D eigenvalue weighted by Gasteiger charge is -2.28. The van der Waals surface area contributed by atoms with Gasteiger partial charge in [-0.1, -0.05) is 73.4 Å². The highest BCUT2D eigenvalue weighted by atomic mass is 32.1. The standard InChI is InChI=1S/C23H37NO2S.CH3NOS/c1-22(2,3)18-12-17(13-19(20(18)25)23(4,5)6)15-26-21(27)24-14-16-10-8-7-9-11-16;2-1(3)4/h12-13,16,25H,7-11,14-15H2,1-6H3,(H,24,27);(H3,2,3,4). The quantitative estimate of drug-likeness (QED) is 0.324. The third-order valence-corrected chi connectivity index (χ3v) is 5.68. The summed E-state index contributed by atoms with van der Waals surface area (Å²) in [5.74, 6) is 1.12. The molecule has 1 aromatic rings. The number of hydrogen-bond donors (Lipinski definition) is 4. The van der Waals surface area contributed by atoms with Gasteiger partial charge in [0.05, 0.1) is 0 Å². The van der Waals surface area contributed by atoms with Crippen molar-refractivity contribution in [2.24, 2.45) is 11.7 Å². The lowest BCUT2D eigenvalue weighted by Crippen LogP contribution is -2.30. The average Bonchev–Trinajstić information content (AvgIpc) is 2.64. The van der Waals surface area contributed by atoms with Gasteiger partial charge in [0.25, 0.3) is 10.4 Å². The molecule has 0 aliphatic heterocycles. The Kier molecular flexibility index (Phi) is 10.6. The SMILES string of the molecule is CC(C)(C)c1cc(COC(=S)NCC2CCCCC2)cc(C(C)(C)C)c1O.NC(=O)S. The molecule has 0 aromatic heterocycles. The Morgan fingerprint density at radius 3 is 2.00 bits per heavy atom. The van der Waals surface area contributed by atoms with Gasteiger partial charge in [-0.2, -0.15) is 0 Å². The fourth-order valence-corrected chi connectivity index (χ4v) is 3.88. The average molecular weight is 469 g/mol. The van der Waals surface area contributed by atoms with Crippen molar-refractivity contribution >= 4 is 35.3 Å². The number of aromatic hydroxyl groups is 1. The maximum absolute atomic E-state index is 10.8. The number of nitrogens with one attached hydrogen (secondary N) is 1. The molecular formula is C24H40N2O3S2. The molecule has 0 spiro atoms. The maximum Gasteiger partial charge on any atom is 0.273 e. The molecule has 1 amide bonds. The Hall–Kier alpha value is -1.47. The molecule has 0 saturated heterocycles. The van der Waals surface area contributed by atoms with Crippen LogP contribution in [0.25, 0.3) is 0 Å². The number of phenols is 1. The van der Waals surface area contributed by atoms with Crippen LogP contribution in [0.15, 0.2) is 12.1 Å². The number of hydrogen-bond acceptors (Lipinski definition) is 4. The molecule has 0 heterocycles. The Balaban J connectivity index is 0.00000110. The summed E-state index contributed by atoms with van der Waals surface area (Å²) in [7, 11) is 0. The molecule has 0 radical (unpaired) electrons. The van der Waals surface area contributed by atoms with Crippen LogP contribution in [0.4, 0.5) is 4.79 Å². The van der Waals surface area contributed by atoms with E-state index in [0.29, 0.717) is 23.4 Å². The van der Waals surface area contributed by atoms with Gasteiger partial charge in [0.1, 0.15) is 12.4 Å². The molecule has 2 rings (SSSR count). The van der Waals surface area contributed by atoms with Gasteiger partial charge in [-0.3, -0.25) is 4.79 Å². The fraction of sp³-hybridized carbons (Fsp3) is 0.667. The minimum absolute atomic E-state index is 0.139. The zero-order valence-electron chi connectivity index (χ0n) is 19.9. The summed E-state index contributed by atoms with van der Waals surface area (Å²) in [4.78, 5) is 9.09. The van der Waals surface area contributed by atoms with Gasteiger partial charge in [-0.05, 0) is 70.6 Å². The van der Waals surface area contributed by atoms with Crippen LogP contribution in [0, 0.1) is 5.92 Å². The van der Waals surface area contributed by atoms with Crippen LogP contribution >= 0.6 is 24.8 Å². The summed E-state index contributed by atoms with van der Waals surface area (Å²) >= 11 is 8.48. The number of rotatable bonds is 4. The number of thiocarbonyl (C=S) groups is 1. The van der Waals surface area contributed by atoms with Crippen molar-refractivity contribution < 1.29 is 14.6 Å². The van der Waals surface area contributed by atoms with Gasteiger partial charge in [0.15, 0.2) is 0 Å². The van der Waals surface area contributed by atoms with E-state index >= 15 is 0 Å². The summed E-state index contributed by atoms with van der Waals surface area (Å²) in [6.07, 6.45) is 6.61. The second-order valence-electron chi connectivity index (χ2n) is 10.3. The van der Waals surface area contributed by atoms with Gasteiger partial charge >= 0.3 is 0 Å². The molecule has 31 heavy (non-hydrogen) atoms. The van der Waals surface area contributed by atoms with Crippen molar-refractivity contribution in [3.05, 3.63) is 28.8 Å². The van der Waals surface area contributed by atoms with Crippen LogP contribution in [0.1, 0.15) is 90.3 Å². The molecule has 1 aliphatic carbocycles. The molecule has 5 nitrogen and oxygen atoms in total. The normalized spacial score (nSPS) is 14.9. The smallest absolute Gasteiger partial charge is 0.273 e. The van der Waals surface area contributed by atoms with E-state index in [9.17, 15) is 5.11 Å². The van der Waals surface area contributed by atoms with Crippen LogP contribution in [0.2, 0.25) is 0 Å². The lowest BCUT2D eigenvalue weighted by atomic mass is 9.78. The Morgan fingerprint density at radius 1 is 1.13 bits per heavy atom. The Morgan fingerprint density at radius 2 is 1.58 bits per heavy atom. The predicted octanol–water partition coefficient (Wildman–Crippen LogP) is 5.95. The van der Waals surface area contributed by atoms with Crippen molar-refractivity contribution in [3.8, 4) is 5.75 Å². The maximum atomic E-state index is 10.8. The third-order valence-electron chi connectivity index (χ3n) is 5.42. The van der Waals surface area contributed by atoms with E-state index in [1.54, 1.807) is 0 Å². The first-order chi connectivity index (χ1) is 14.2. The summed E-state index contributed by atoms with van der Waals surface area (Å²) in [6.45, 7) is 14.1. The van der Waals surface area contributed by atoms with Gasteiger partial charge in [-0.15, -0.1) is 0 Å². The summed E-state index contributed by atoms with van der Waals surface area (Å²) in [5.41, 5.74) is 7.01. The minimum atomic E-state index is -0.639. The summed E-state index contributed by atoms with van der Waals surface area (Å²) < 4.78 is 5.83. The van der Waals surface area contributed by atoms with Crippen molar-refractivity contribution in [3.63, 3.8) is 0 Å². The van der Waals surface area contributed by atoms with Crippen molar-refractivity contribution in [1.29, 1.82) is 0 Å². The van der Waals surface area contributed by atoms with E-state index in [2.05, 4.69) is 65.2 Å². The highest BCUT2D eigenvalue weighted by molar-refractivity contribution is 7.96. The predicted molar refractivity (Wildman–Crippen MR) is 136 cm³/mol. The molecule has 4 N–H and O–H groups in total. The van der Waals surface area contributed by atoms with Crippen LogP contribution in [0.5, 0.6) is 5.75 Å². The van der Waals surface area contributed by atoms with Crippen LogP contribution in [-0.4, -0.2) is 22.1 Å². The molecule has 1 aliphatic rings.